The van der Waals surface area contributed by atoms with E-state index in [-0.39, 0.29) is 0 Å². The quantitative estimate of drug-likeness (QED) is 0.535. The van der Waals surface area contributed by atoms with Crippen molar-refractivity contribution in [1.29, 1.82) is 5.26 Å². The second-order valence-corrected chi connectivity index (χ2v) is 4.59. The molecular formula is C15H29N. The summed E-state index contributed by atoms with van der Waals surface area (Å²) < 4.78 is 0. The van der Waals surface area contributed by atoms with Crippen LogP contribution in [0, 0.1) is 17.2 Å². The summed E-state index contributed by atoms with van der Waals surface area (Å²) in [4.78, 5) is 0. The molecule has 2 aliphatic rings. The number of hydrogen-bond donors (Lipinski definition) is 0. The molecule has 0 aliphatic heterocycles. The first-order chi connectivity index (χ1) is 7.93. The van der Waals surface area contributed by atoms with Crippen LogP contribution in [-0.2, 0) is 0 Å². The van der Waals surface area contributed by atoms with Crippen LogP contribution in [0.3, 0.4) is 0 Å². The molecule has 16 heavy (non-hydrogen) atoms. The van der Waals surface area contributed by atoms with Gasteiger partial charge in [0.2, 0.25) is 0 Å². The second kappa shape index (κ2) is 12.6. The van der Waals surface area contributed by atoms with Gasteiger partial charge in [-0.25, -0.2) is 0 Å². The molecular weight excluding hydrogens is 194 g/mol. The summed E-state index contributed by atoms with van der Waals surface area (Å²) in [7, 11) is 0. The van der Waals surface area contributed by atoms with Gasteiger partial charge in [0.05, 0.1) is 6.07 Å². The van der Waals surface area contributed by atoms with Gasteiger partial charge in [-0.1, -0.05) is 71.6 Å². The molecule has 0 bridgehead atoms. The molecule has 0 N–H and O–H groups in total. The van der Waals surface area contributed by atoms with Crippen molar-refractivity contribution in [2.45, 2.75) is 84.5 Å². The maximum absolute atomic E-state index is 8.44. The lowest BCUT2D eigenvalue weighted by atomic mass is 9.91. The lowest BCUT2D eigenvalue weighted by molar-refractivity contribution is 0.427. The summed E-state index contributed by atoms with van der Waals surface area (Å²) in [6, 6.07) is 2.30. The van der Waals surface area contributed by atoms with Gasteiger partial charge in [-0.3, -0.25) is 0 Å². The third-order valence-electron chi connectivity index (χ3n) is 3.29. The van der Waals surface area contributed by atoms with Crippen molar-refractivity contribution in [3.63, 3.8) is 0 Å². The van der Waals surface area contributed by atoms with E-state index in [9.17, 15) is 0 Å². The third-order valence-corrected chi connectivity index (χ3v) is 3.29. The predicted octanol–water partition coefficient (Wildman–Crippen LogP) is 5.46. The van der Waals surface area contributed by atoms with Gasteiger partial charge in [-0.05, 0) is 12.8 Å². The Morgan fingerprint density at radius 3 is 1.25 bits per heavy atom. The van der Waals surface area contributed by atoms with E-state index in [1.54, 1.807) is 0 Å². The molecule has 2 saturated carbocycles. The average Bonchev–Trinajstić information content (AvgIpc) is 2.44. The molecule has 0 aromatic carbocycles. The molecule has 0 radical (unpaired) electrons. The van der Waals surface area contributed by atoms with Crippen molar-refractivity contribution in [2.75, 3.05) is 0 Å². The smallest absolute Gasteiger partial charge is 0.0655 e. The van der Waals surface area contributed by atoms with E-state index < -0.39 is 0 Å². The predicted molar refractivity (Wildman–Crippen MR) is 71.2 cm³/mol. The first kappa shape index (κ1) is 15.5. The molecule has 0 saturated heterocycles. The van der Waals surface area contributed by atoms with Crippen LogP contribution in [0.15, 0.2) is 0 Å². The van der Waals surface area contributed by atoms with E-state index in [4.69, 9.17) is 5.26 Å². The van der Waals surface area contributed by atoms with E-state index in [1.165, 1.54) is 57.8 Å². The molecule has 94 valence electrons. The fraction of sp³-hybridized carbons (Fsp3) is 0.933. The van der Waals surface area contributed by atoms with E-state index in [0.717, 1.165) is 12.8 Å². The fourth-order valence-corrected chi connectivity index (χ4v) is 2.29. The van der Waals surface area contributed by atoms with Gasteiger partial charge in [0.1, 0.15) is 0 Å². The Hall–Kier alpha value is -0.510. The molecule has 0 aromatic rings. The van der Waals surface area contributed by atoms with Gasteiger partial charge < -0.3 is 0 Å². The summed E-state index contributed by atoms with van der Waals surface area (Å²) in [5.74, 6) is 0.392. The van der Waals surface area contributed by atoms with E-state index in [2.05, 4.69) is 6.07 Å². The summed E-state index contributed by atoms with van der Waals surface area (Å²) in [6.07, 6.45) is 15.2. The zero-order chi connectivity index (χ0) is 12.1. The number of nitriles is 1. The van der Waals surface area contributed by atoms with Gasteiger partial charge in [0.25, 0.3) is 0 Å². The topological polar surface area (TPSA) is 23.8 Å². The van der Waals surface area contributed by atoms with Gasteiger partial charge >= 0.3 is 0 Å². The zero-order valence-corrected chi connectivity index (χ0v) is 11.3. The van der Waals surface area contributed by atoms with Crippen molar-refractivity contribution in [3.8, 4) is 6.07 Å². The van der Waals surface area contributed by atoms with Crippen LogP contribution in [0.4, 0.5) is 0 Å². The van der Waals surface area contributed by atoms with Gasteiger partial charge in [0.15, 0.2) is 0 Å². The van der Waals surface area contributed by atoms with Crippen LogP contribution < -0.4 is 0 Å². The largest absolute Gasteiger partial charge is 0.198 e. The number of rotatable bonds is 0. The molecule has 0 heterocycles. The Morgan fingerprint density at radius 2 is 1.00 bits per heavy atom. The van der Waals surface area contributed by atoms with Crippen LogP contribution >= 0.6 is 0 Å². The van der Waals surface area contributed by atoms with E-state index in [1.807, 2.05) is 13.8 Å². The Balaban J connectivity index is 0.000000251. The summed E-state index contributed by atoms with van der Waals surface area (Å²) in [5, 5.41) is 8.44. The molecule has 0 atom stereocenters. The van der Waals surface area contributed by atoms with E-state index in [0.29, 0.717) is 5.92 Å². The molecule has 0 unspecified atom stereocenters. The maximum atomic E-state index is 8.44. The second-order valence-electron chi connectivity index (χ2n) is 4.59. The average molecular weight is 223 g/mol. The van der Waals surface area contributed by atoms with Crippen molar-refractivity contribution in [3.05, 3.63) is 0 Å². The van der Waals surface area contributed by atoms with Gasteiger partial charge in [-0.15, -0.1) is 0 Å². The fourth-order valence-electron chi connectivity index (χ4n) is 2.29. The van der Waals surface area contributed by atoms with Crippen molar-refractivity contribution in [1.82, 2.24) is 0 Å². The molecule has 2 aliphatic carbocycles. The van der Waals surface area contributed by atoms with Crippen molar-refractivity contribution >= 4 is 0 Å². The summed E-state index contributed by atoms with van der Waals surface area (Å²) >= 11 is 0. The SMILES string of the molecule is C1CCCCC1.CC.N#CC1CCCCC1. The molecule has 0 amide bonds. The van der Waals surface area contributed by atoms with Crippen LogP contribution in [0.1, 0.15) is 84.5 Å². The third kappa shape index (κ3) is 8.77. The monoisotopic (exact) mass is 223 g/mol. The summed E-state index contributed by atoms with van der Waals surface area (Å²) in [5.41, 5.74) is 0. The van der Waals surface area contributed by atoms with Crippen molar-refractivity contribution in [2.24, 2.45) is 5.92 Å². The molecule has 0 spiro atoms. The Kier molecular flexibility index (Phi) is 12.2. The molecule has 1 heteroatoms. The standard InChI is InChI=1S/C7H11N.C6H12.C2H6/c8-6-7-4-2-1-3-5-7;1-2-4-6-5-3-1;1-2/h7H,1-5H2;1-6H2;1-2H3. The van der Waals surface area contributed by atoms with Crippen LogP contribution in [0.25, 0.3) is 0 Å². The van der Waals surface area contributed by atoms with Crippen LogP contribution in [-0.4, -0.2) is 0 Å². The minimum absolute atomic E-state index is 0.392. The minimum Gasteiger partial charge on any atom is -0.198 e. The first-order valence-electron chi connectivity index (χ1n) is 7.33. The normalized spacial score (nSPS) is 20.6. The zero-order valence-electron chi connectivity index (χ0n) is 11.3. The van der Waals surface area contributed by atoms with Crippen LogP contribution in [0.5, 0.6) is 0 Å². The Bertz CT molecular complexity index is 147. The Morgan fingerprint density at radius 1 is 0.688 bits per heavy atom. The molecule has 1 nitrogen and oxygen atoms in total. The molecule has 2 fully saturated rings. The number of hydrogen-bond acceptors (Lipinski definition) is 1. The van der Waals surface area contributed by atoms with Gasteiger partial charge in [0, 0.05) is 5.92 Å². The number of nitrogens with zero attached hydrogens (tertiary/aromatic N) is 1. The summed E-state index contributed by atoms with van der Waals surface area (Å²) in [6.45, 7) is 4.00. The Labute approximate surface area is 102 Å². The van der Waals surface area contributed by atoms with Gasteiger partial charge in [-0.2, -0.15) is 5.26 Å². The first-order valence-corrected chi connectivity index (χ1v) is 7.33. The lowest BCUT2D eigenvalue weighted by Crippen LogP contribution is -2.02. The molecule has 2 rings (SSSR count). The highest BCUT2D eigenvalue weighted by Gasteiger charge is 2.10. The lowest BCUT2D eigenvalue weighted by Gasteiger charge is -2.13. The van der Waals surface area contributed by atoms with Crippen LogP contribution in [0.2, 0.25) is 0 Å². The highest BCUT2D eigenvalue weighted by molar-refractivity contribution is 4.84. The van der Waals surface area contributed by atoms with Crippen molar-refractivity contribution < 1.29 is 0 Å². The highest BCUT2D eigenvalue weighted by Crippen LogP contribution is 2.22. The van der Waals surface area contributed by atoms with E-state index >= 15 is 0 Å². The highest BCUT2D eigenvalue weighted by atomic mass is 14.3. The molecule has 0 aromatic heterocycles. The minimum atomic E-state index is 0.392. The maximum Gasteiger partial charge on any atom is 0.0655 e.